The standard InChI is InChI=1S/C19H20O5/c1-11-18(12-6-4-5-7-14(12)21-3)13-8-16-17(23-10-22-16)9-15(13)24-19(11,2)20/h4-9,11,18,20H,10H2,1-3H3/t11-,18+,19+/m0/s1. The first-order valence-electron chi connectivity index (χ1n) is 7.99. The predicted molar refractivity (Wildman–Crippen MR) is 87.8 cm³/mol. The smallest absolute Gasteiger partial charge is 0.231 e. The van der Waals surface area contributed by atoms with Gasteiger partial charge < -0.3 is 24.1 Å². The summed E-state index contributed by atoms with van der Waals surface area (Å²) in [7, 11) is 1.65. The lowest BCUT2D eigenvalue weighted by Gasteiger charge is -2.42. The van der Waals surface area contributed by atoms with Crippen molar-refractivity contribution in [3.05, 3.63) is 47.5 Å². The van der Waals surface area contributed by atoms with Crippen LogP contribution in [0.3, 0.4) is 0 Å². The summed E-state index contributed by atoms with van der Waals surface area (Å²) < 4.78 is 22.4. The lowest BCUT2D eigenvalue weighted by Crippen LogP contribution is -2.45. The Morgan fingerprint density at radius 3 is 2.54 bits per heavy atom. The summed E-state index contributed by atoms with van der Waals surface area (Å²) in [6.07, 6.45) is 0. The van der Waals surface area contributed by atoms with Crippen LogP contribution in [0.15, 0.2) is 36.4 Å². The van der Waals surface area contributed by atoms with Gasteiger partial charge in [0.1, 0.15) is 11.5 Å². The first-order chi connectivity index (χ1) is 11.5. The Kier molecular flexibility index (Phi) is 3.35. The molecule has 0 radical (unpaired) electrons. The summed E-state index contributed by atoms with van der Waals surface area (Å²) in [6, 6.07) is 11.6. The zero-order valence-corrected chi connectivity index (χ0v) is 13.9. The highest BCUT2D eigenvalue weighted by atomic mass is 16.7. The van der Waals surface area contributed by atoms with E-state index in [-0.39, 0.29) is 18.6 Å². The molecule has 1 N–H and O–H groups in total. The van der Waals surface area contributed by atoms with E-state index in [9.17, 15) is 5.11 Å². The molecule has 0 saturated heterocycles. The third kappa shape index (κ3) is 2.19. The van der Waals surface area contributed by atoms with E-state index in [0.717, 1.165) is 16.9 Å². The maximum Gasteiger partial charge on any atom is 0.231 e. The van der Waals surface area contributed by atoms with E-state index >= 15 is 0 Å². The third-order valence-electron chi connectivity index (χ3n) is 4.98. The molecule has 0 aliphatic carbocycles. The minimum Gasteiger partial charge on any atom is -0.496 e. The number of ether oxygens (including phenoxy) is 4. The fourth-order valence-electron chi connectivity index (χ4n) is 3.52. The Morgan fingerprint density at radius 2 is 1.79 bits per heavy atom. The SMILES string of the molecule is COc1ccccc1[C@@H]1c2cc3c(cc2O[C@@](C)(O)[C@H]1C)OCO3. The number of hydrogen-bond acceptors (Lipinski definition) is 5. The minimum absolute atomic E-state index is 0.0885. The van der Waals surface area contributed by atoms with Gasteiger partial charge in [0, 0.05) is 36.0 Å². The van der Waals surface area contributed by atoms with Crippen LogP contribution in [0.25, 0.3) is 0 Å². The number of benzene rings is 2. The number of hydrogen-bond donors (Lipinski definition) is 1. The van der Waals surface area contributed by atoms with E-state index in [1.54, 1.807) is 20.1 Å². The molecule has 2 aromatic rings. The first kappa shape index (κ1) is 15.1. The lowest BCUT2D eigenvalue weighted by atomic mass is 9.75. The highest BCUT2D eigenvalue weighted by Crippen LogP contribution is 2.52. The molecule has 2 aromatic carbocycles. The summed E-state index contributed by atoms with van der Waals surface area (Å²) in [5.74, 6) is 1.17. The van der Waals surface area contributed by atoms with Gasteiger partial charge in [-0.15, -0.1) is 0 Å². The van der Waals surface area contributed by atoms with Gasteiger partial charge >= 0.3 is 0 Å². The normalized spacial score (nSPS) is 27.3. The molecule has 0 amide bonds. The molecule has 0 saturated carbocycles. The topological polar surface area (TPSA) is 57.2 Å². The van der Waals surface area contributed by atoms with Crippen LogP contribution in [0.2, 0.25) is 0 Å². The third-order valence-corrected chi connectivity index (χ3v) is 4.98. The quantitative estimate of drug-likeness (QED) is 0.917. The van der Waals surface area contributed by atoms with Gasteiger partial charge in [-0.25, -0.2) is 0 Å². The summed E-state index contributed by atoms with van der Waals surface area (Å²) in [4.78, 5) is 0. The highest BCUT2D eigenvalue weighted by Gasteiger charge is 2.45. The van der Waals surface area contributed by atoms with Crippen molar-refractivity contribution < 1.29 is 24.1 Å². The second kappa shape index (κ2) is 5.31. The number of methoxy groups -OCH3 is 1. The molecule has 4 rings (SSSR count). The van der Waals surface area contributed by atoms with Crippen LogP contribution in [0.1, 0.15) is 30.9 Å². The monoisotopic (exact) mass is 328 g/mol. The fourth-order valence-corrected chi connectivity index (χ4v) is 3.52. The zero-order chi connectivity index (χ0) is 16.9. The van der Waals surface area contributed by atoms with Gasteiger partial charge in [0.25, 0.3) is 0 Å². The highest BCUT2D eigenvalue weighted by molar-refractivity contribution is 5.57. The predicted octanol–water partition coefficient (Wildman–Crippen LogP) is 3.29. The Bertz CT molecular complexity index is 783. The van der Waals surface area contributed by atoms with Gasteiger partial charge in [-0.3, -0.25) is 0 Å². The lowest BCUT2D eigenvalue weighted by molar-refractivity contribution is -0.171. The Hall–Kier alpha value is -2.40. The second-order valence-electron chi connectivity index (χ2n) is 6.41. The molecule has 2 heterocycles. The Labute approximate surface area is 140 Å². The van der Waals surface area contributed by atoms with E-state index in [1.807, 2.05) is 37.3 Å². The van der Waals surface area contributed by atoms with Gasteiger partial charge in [-0.1, -0.05) is 25.1 Å². The van der Waals surface area contributed by atoms with E-state index in [1.165, 1.54) is 0 Å². The second-order valence-corrected chi connectivity index (χ2v) is 6.41. The summed E-state index contributed by atoms with van der Waals surface area (Å²) in [5.41, 5.74) is 1.97. The molecule has 0 fully saturated rings. The molecule has 3 atom stereocenters. The van der Waals surface area contributed by atoms with Crippen LogP contribution in [-0.2, 0) is 0 Å². The molecule has 2 aliphatic rings. The van der Waals surface area contributed by atoms with Crippen LogP contribution in [0.5, 0.6) is 23.0 Å². The van der Waals surface area contributed by atoms with Crippen molar-refractivity contribution in [2.45, 2.75) is 25.6 Å². The number of rotatable bonds is 2. The Morgan fingerprint density at radius 1 is 1.08 bits per heavy atom. The number of para-hydroxylation sites is 1. The Balaban J connectivity index is 1.93. The molecule has 0 bridgehead atoms. The molecule has 0 spiro atoms. The molecule has 5 heteroatoms. The van der Waals surface area contributed by atoms with E-state index in [4.69, 9.17) is 18.9 Å². The van der Waals surface area contributed by atoms with Gasteiger partial charge in [0.2, 0.25) is 12.6 Å². The average molecular weight is 328 g/mol. The van der Waals surface area contributed by atoms with Crippen LogP contribution in [0.4, 0.5) is 0 Å². The van der Waals surface area contributed by atoms with Crippen LogP contribution in [-0.4, -0.2) is 24.8 Å². The van der Waals surface area contributed by atoms with E-state index < -0.39 is 5.79 Å². The molecule has 0 aromatic heterocycles. The van der Waals surface area contributed by atoms with Gasteiger partial charge in [0.05, 0.1) is 7.11 Å². The van der Waals surface area contributed by atoms with Crippen LogP contribution in [0, 0.1) is 5.92 Å². The zero-order valence-electron chi connectivity index (χ0n) is 13.9. The van der Waals surface area contributed by atoms with Gasteiger partial charge in [-0.05, 0) is 12.1 Å². The largest absolute Gasteiger partial charge is 0.496 e. The minimum atomic E-state index is -1.30. The molecular formula is C19H20O5. The maximum atomic E-state index is 10.8. The summed E-state index contributed by atoms with van der Waals surface area (Å²) in [5, 5.41) is 10.8. The number of fused-ring (bicyclic) bond motifs is 2. The van der Waals surface area contributed by atoms with Crippen LogP contribution < -0.4 is 18.9 Å². The van der Waals surface area contributed by atoms with Gasteiger partial charge in [0.15, 0.2) is 11.5 Å². The summed E-state index contributed by atoms with van der Waals surface area (Å²) in [6.45, 7) is 3.86. The summed E-state index contributed by atoms with van der Waals surface area (Å²) >= 11 is 0. The van der Waals surface area contributed by atoms with Crippen molar-refractivity contribution >= 4 is 0 Å². The van der Waals surface area contributed by atoms with Crippen molar-refractivity contribution in [3.63, 3.8) is 0 Å². The molecule has 126 valence electrons. The number of aliphatic hydroxyl groups is 1. The molecule has 0 unspecified atom stereocenters. The van der Waals surface area contributed by atoms with Crippen molar-refractivity contribution in [3.8, 4) is 23.0 Å². The van der Waals surface area contributed by atoms with Gasteiger partial charge in [-0.2, -0.15) is 0 Å². The van der Waals surface area contributed by atoms with Crippen LogP contribution >= 0.6 is 0 Å². The van der Waals surface area contributed by atoms with E-state index in [2.05, 4.69) is 0 Å². The molecule has 2 aliphatic heterocycles. The average Bonchev–Trinajstić information content (AvgIpc) is 3.01. The van der Waals surface area contributed by atoms with E-state index in [0.29, 0.717) is 17.2 Å². The van der Waals surface area contributed by atoms with Crippen molar-refractivity contribution in [1.82, 2.24) is 0 Å². The van der Waals surface area contributed by atoms with Crippen molar-refractivity contribution in [2.75, 3.05) is 13.9 Å². The molecule has 5 nitrogen and oxygen atoms in total. The first-order valence-corrected chi connectivity index (χ1v) is 7.99. The fraction of sp³-hybridized carbons (Fsp3) is 0.368. The van der Waals surface area contributed by atoms with Crippen molar-refractivity contribution in [2.24, 2.45) is 5.92 Å². The molecular weight excluding hydrogens is 308 g/mol. The van der Waals surface area contributed by atoms with Crippen molar-refractivity contribution in [1.29, 1.82) is 0 Å². The molecule has 24 heavy (non-hydrogen) atoms. The maximum absolute atomic E-state index is 10.8.